The van der Waals surface area contributed by atoms with Crippen molar-refractivity contribution < 1.29 is 23.4 Å². The van der Waals surface area contributed by atoms with Crippen molar-refractivity contribution in [2.24, 2.45) is 7.05 Å². The summed E-state index contributed by atoms with van der Waals surface area (Å²) in [7, 11) is 1.41. The third kappa shape index (κ3) is 2.18. The molecular formula is C7H8F2N2O3. The number of halogens is 2. The van der Waals surface area contributed by atoms with Gasteiger partial charge in [-0.15, -0.1) is 0 Å². The molecule has 0 fully saturated rings. The predicted octanol–water partition coefficient (Wildman–Crippen LogP) is 0.762. The molecule has 0 spiro atoms. The van der Waals surface area contributed by atoms with Crippen molar-refractivity contribution in [2.45, 2.75) is 6.43 Å². The largest absolute Gasteiger partial charge is 0.477 e. The van der Waals surface area contributed by atoms with Crippen LogP contribution in [0.4, 0.5) is 8.78 Å². The molecule has 0 bridgehead atoms. The smallest absolute Gasteiger partial charge is 0.342 e. The highest BCUT2D eigenvalue weighted by Gasteiger charge is 2.17. The van der Waals surface area contributed by atoms with Gasteiger partial charge in [0.2, 0.25) is 5.88 Å². The van der Waals surface area contributed by atoms with E-state index in [0.29, 0.717) is 0 Å². The van der Waals surface area contributed by atoms with E-state index in [1.807, 2.05) is 0 Å². The van der Waals surface area contributed by atoms with Crippen LogP contribution in [0.2, 0.25) is 0 Å². The van der Waals surface area contributed by atoms with E-state index in [0.717, 1.165) is 10.9 Å². The predicted molar refractivity (Wildman–Crippen MR) is 41.7 cm³/mol. The molecule has 0 atom stereocenters. The van der Waals surface area contributed by atoms with E-state index in [9.17, 15) is 13.6 Å². The zero-order valence-electron chi connectivity index (χ0n) is 7.28. The number of aromatic carboxylic acids is 1. The van der Waals surface area contributed by atoms with Crippen LogP contribution in [-0.2, 0) is 7.05 Å². The number of aryl methyl sites for hydroxylation is 1. The molecule has 7 heteroatoms. The molecule has 5 nitrogen and oxygen atoms in total. The summed E-state index contributed by atoms with van der Waals surface area (Å²) in [4.78, 5) is 10.6. The molecule has 1 aromatic heterocycles. The van der Waals surface area contributed by atoms with Gasteiger partial charge in [0.25, 0.3) is 6.43 Å². The Kier molecular flexibility index (Phi) is 3.00. The van der Waals surface area contributed by atoms with Crippen LogP contribution in [-0.4, -0.2) is 33.9 Å². The van der Waals surface area contributed by atoms with Crippen molar-refractivity contribution in [3.63, 3.8) is 0 Å². The number of hydrogen-bond acceptors (Lipinski definition) is 3. The lowest BCUT2D eigenvalue weighted by Gasteiger charge is -2.05. The Hall–Kier alpha value is -1.66. The fourth-order valence-corrected chi connectivity index (χ4v) is 0.886. The number of carbonyl (C=O) groups is 1. The zero-order chi connectivity index (χ0) is 10.7. The van der Waals surface area contributed by atoms with E-state index in [-0.39, 0.29) is 11.4 Å². The molecule has 14 heavy (non-hydrogen) atoms. The number of hydrogen-bond donors (Lipinski definition) is 1. The SMILES string of the molecule is Cn1ncc(C(=O)O)c1OCC(F)F. The number of carboxylic acids is 1. The van der Waals surface area contributed by atoms with Crippen molar-refractivity contribution in [2.75, 3.05) is 6.61 Å². The van der Waals surface area contributed by atoms with Crippen molar-refractivity contribution in [3.8, 4) is 5.88 Å². The van der Waals surface area contributed by atoms with Crippen LogP contribution in [0.5, 0.6) is 5.88 Å². The summed E-state index contributed by atoms with van der Waals surface area (Å²) in [5, 5.41) is 12.2. The zero-order valence-corrected chi connectivity index (χ0v) is 7.28. The first kappa shape index (κ1) is 10.4. The number of alkyl halides is 2. The topological polar surface area (TPSA) is 64.4 Å². The van der Waals surface area contributed by atoms with Crippen LogP contribution in [0.15, 0.2) is 6.20 Å². The monoisotopic (exact) mass is 206 g/mol. The van der Waals surface area contributed by atoms with Crippen molar-refractivity contribution >= 4 is 5.97 Å². The molecule has 0 saturated heterocycles. The molecule has 0 amide bonds. The molecule has 1 heterocycles. The van der Waals surface area contributed by atoms with Gasteiger partial charge in [-0.25, -0.2) is 18.3 Å². The standard InChI is InChI=1S/C7H8F2N2O3/c1-11-6(14-3-5(8)9)4(2-10-11)7(12)13/h2,5H,3H2,1H3,(H,12,13). The number of ether oxygens (including phenoxy) is 1. The highest BCUT2D eigenvalue weighted by Crippen LogP contribution is 2.17. The van der Waals surface area contributed by atoms with E-state index in [4.69, 9.17) is 5.11 Å². The van der Waals surface area contributed by atoms with E-state index < -0.39 is 19.0 Å². The lowest BCUT2D eigenvalue weighted by atomic mass is 10.3. The minimum atomic E-state index is -2.65. The normalized spacial score (nSPS) is 10.6. The molecule has 0 saturated carbocycles. The van der Waals surface area contributed by atoms with Gasteiger partial charge in [-0.05, 0) is 0 Å². The van der Waals surface area contributed by atoms with E-state index in [1.54, 1.807) is 0 Å². The minimum absolute atomic E-state index is 0.169. The summed E-state index contributed by atoms with van der Waals surface area (Å²) in [5.74, 6) is -1.43. The molecule has 0 radical (unpaired) electrons. The first-order valence-corrected chi connectivity index (χ1v) is 3.68. The highest BCUT2D eigenvalue weighted by atomic mass is 19.3. The quantitative estimate of drug-likeness (QED) is 0.789. The molecule has 78 valence electrons. The second kappa shape index (κ2) is 4.03. The third-order valence-corrected chi connectivity index (χ3v) is 1.46. The highest BCUT2D eigenvalue weighted by molar-refractivity contribution is 5.89. The Balaban J connectivity index is 2.83. The van der Waals surface area contributed by atoms with Crippen molar-refractivity contribution in [3.05, 3.63) is 11.8 Å². The van der Waals surface area contributed by atoms with Gasteiger partial charge < -0.3 is 9.84 Å². The Morgan fingerprint density at radius 3 is 2.93 bits per heavy atom. The van der Waals surface area contributed by atoms with E-state index in [1.165, 1.54) is 7.05 Å². The summed E-state index contributed by atoms with van der Waals surface area (Å²) in [6.45, 7) is -0.847. The number of nitrogens with zero attached hydrogens (tertiary/aromatic N) is 2. The first-order chi connectivity index (χ1) is 6.52. The lowest BCUT2D eigenvalue weighted by molar-refractivity contribution is 0.0652. The molecule has 1 N–H and O–H groups in total. The third-order valence-electron chi connectivity index (χ3n) is 1.46. The lowest BCUT2D eigenvalue weighted by Crippen LogP contribution is -2.11. The van der Waals surface area contributed by atoms with Crippen LogP contribution in [0, 0.1) is 0 Å². The number of rotatable bonds is 4. The van der Waals surface area contributed by atoms with Gasteiger partial charge >= 0.3 is 5.97 Å². The summed E-state index contributed by atoms with van der Waals surface area (Å²) in [6, 6.07) is 0. The van der Waals surface area contributed by atoms with Crippen LogP contribution in [0.25, 0.3) is 0 Å². The van der Waals surface area contributed by atoms with Gasteiger partial charge in [-0.3, -0.25) is 0 Å². The number of carboxylic acid groups (broad SMARTS) is 1. The second-order valence-corrected chi connectivity index (χ2v) is 2.49. The van der Waals surface area contributed by atoms with Gasteiger partial charge in [0, 0.05) is 7.05 Å². The van der Waals surface area contributed by atoms with Gasteiger partial charge in [-0.2, -0.15) is 5.10 Å². The van der Waals surface area contributed by atoms with Crippen LogP contribution >= 0.6 is 0 Å². The summed E-state index contributed by atoms with van der Waals surface area (Å²) in [6.07, 6.45) is -1.60. The molecule has 0 aliphatic rings. The van der Waals surface area contributed by atoms with E-state index in [2.05, 4.69) is 9.84 Å². The van der Waals surface area contributed by atoms with Crippen LogP contribution in [0.1, 0.15) is 10.4 Å². The Morgan fingerprint density at radius 1 is 1.79 bits per heavy atom. The van der Waals surface area contributed by atoms with Gasteiger partial charge in [-0.1, -0.05) is 0 Å². The summed E-state index contributed by atoms with van der Waals surface area (Å²) < 4.78 is 29.3. The molecular weight excluding hydrogens is 198 g/mol. The maximum atomic E-state index is 11.8. The van der Waals surface area contributed by atoms with E-state index >= 15 is 0 Å². The Labute approximate surface area is 77.9 Å². The van der Waals surface area contributed by atoms with Crippen molar-refractivity contribution in [1.82, 2.24) is 9.78 Å². The van der Waals surface area contributed by atoms with Crippen molar-refractivity contribution in [1.29, 1.82) is 0 Å². The summed E-state index contributed by atoms with van der Waals surface area (Å²) >= 11 is 0. The second-order valence-electron chi connectivity index (χ2n) is 2.49. The Bertz CT molecular complexity index is 338. The van der Waals surface area contributed by atoms with Gasteiger partial charge in [0.05, 0.1) is 6.20 Å². The average Bonchev–Trinajstić information content (AvgIpc) is 2.43. The summed E-state index contributed by atoms with van der Waals surface area (Å²) in [5.41, 5.74) is -0.229. The molecule has 0 unspecified atom stereocenters. The van der Waals surface area contributed by atoms with Crippen LogP contribution in [0.3, 0.4) is 0 Å². The molecule has 1 rings (SSSR count). The molecule has 0 aliphatic heterocycles. The minimum Gasteiger partial charge on any atom is -0.477 e. The number of aromatic nitrogens is 2. The molecule has 0 aliphatic carbocycles. The molecule has 1 aromatic rings. The van der Waals surface area contributed by atoms with Crippen LogP contribution < -0.4 is 4.74 Å². The average molecular weight is 206 g/mol. The molecule has 0 aromatic carbocycles. The maximum absolute atomic E-state index is 11.8. The first-order valence-electron chi connectivity index (χ1n) is 3.68. The van der Waals surface area contributed by atoms with Gasteiger partial charge in [0.15, 0.2) is 6.61 Å². The maximum Gasteiger partial charge on any atom is 0.342 e. The fraction of sp³-hybridized carbons (Fsp3) is 0.429. The Morgan fingerprint density at radius 2 is 2.43 bits per heavy atom. The van der Waals surface area contributed by atoms with Gasteiger partial charge in [0.1, 0.15) is 5.56 Å². The fourth-order valence-electron chi connectivity index (χ4n) is 0.886.